The number of halogens is 1. The summed E-state index contributed by atoms with van der Waals surface area (Å²) in [6.07, 6.45) is 1.56. The quantitative estimate of drug-likeness (QED) is 0.459. The summed E-state index contributed by atoms with van der Waals surface area (Å²) in [5, 5.41) is 11.9. The number of hydrogen-bond acceptors (Lipinski definition) is 5. The van der Waals surface area contributed by atoms with Gasteiger partial charge in [-0.15, -0.1) is 21.8 Å². The molecule has 0 saturated heterocycles. The molecular formula is C19H18ClN3O2S. The summed E-state index contributed by atoms with van der Waals surface area (Å²) in [7, 11) is 0. The first kappa shape index (κ1) is 18.4. The number of ether oxygens (including phenoxy) is 1. The first-order chi connectivity index (χ1) is 12.7. The van der Waals surface area contributed by atoms with Crippen molar-refractivity contribution < 1.29 is 9.53 Å². The predicted molar refractivity (Wildman–Crippen MR) is 105 cm³/mol. The lowest BCUT2D eigenvalue weighted by Crippen LogP contribution is -2.12. The lowest BCUT2D eigenvalue weighted by Gasteiger charge is -2.07. The summed E-state index contributed by atoms with van der Waals surface area (Å²) in [6.45, 7) is 0.591. The van der Waals surface area contributed by atoms with Gasteiger partial charge in [-0.2, -0.15) is 0 Å². The maximum absolute atomic E-state index is 11.2. The number of aromatic nitrogens is 2. The van der Waals surface area contributed by atoms with E-state index in [2.05, 4.69) is 39.8 Å². The van der Waals surface area contributed by atoms with Crippen molar-refractivity contribution >= 4 is 34.0 Å². The second-order valence-electron chi connectivity index (χ2n) is 5.53. The molecule has 0 saturated carbocycles. The number of benzene rings is 2. The van der Waals surface area contributed by atoms with Gasteiger partial charge in [-0.1, -0.05) is 53.8 Å². The SMILES string of the molecule is O=C(CCl)Nc1nnc(CCCOc2ccc(-c3ccccc3)cc2)s1. The third kappa shape index (κ3) is 5.28. The number of carbonyl (C=O) groups excluding carboxylic acids is 1. The largest absolute Gasteiger partial charge is 0.494 e. The average molecular weight is 388 g/mol. The van der Waals surface area contributed by atoms with Crippen molar-refractivity contribution in [2.24, 2.45) is 0 Å². The van der Waals surface area contributed by atoms with Crippen LogP contribution in [0.1, 0.15) is 11.4 Å². The highest BCUT2D eigenvalue weighted by atomic mass is 35.5. The Balaban J connectivity index is 1.43. The van der Waals surface area contributed by atoms with Gasteiger partial charge in [0, 0.05) is 6.42 Å². The Kier molecular flexibility index (Phi) is 6.57. The molecule has 2 aromatic carbocycles. The van der Waals surface area contributed by atoms with Crippen molar-refractivity contribution in [3.05, 3.63) is 59.6 Å². The van der Waals surface area contributed by atoms with Crippen LogP contribution in [-0.2, 0) is 11.2 Å². The second kappa shape index (κ2) is 9.31. The molecule has 5 nitrogen and oxygen atoms in total. The Morgan fingerprint density at radius 3 is 2.50 bits per heavy atom. The van der Waals surface area contributed by atoms with Crippen molar-refractivity contribution in [2.45, 2.75) is 12.8 Å². The summed E-state index contributed by atoms with van der Waals surface area (Å²) in [4.78, 5) is 11.2. The topological polar surface area (TPSA) is 64.1 Å². The molecule has 0 aliphatic rings. The van der Waals surface area contributed by atoms with Crippen LogP contribution in [0.15, 0.2) is 54.6 Å². The number of amides is 1. The number of nitrogens with zero attached hydrogens (tertiary/aromatic N) is 2. The molecule has 0 spiro atoms. The van der Waals surface area contributed by atoms with Gasteiger partial charge in [-0.05, 0) is 29.7 Å². The molecule has 1 heterocycles. The van der Waals surface area contributed by atoms with Gasteiger partial charge in [-0.3, -0.25) is 10.1 Å². The summed E-state index contributed by atoms with van der Waals surface area (Å²) < 4.78 is 5.78. The molecule has 0 fully saturated rings. The summed E-state index contributed by atoms with van der Waals surface area (Å²) in [5.74, 6) is 0.472. The Labute approximate surface area is 161 Å². The number of alkyl halides is 1. The minimum absolute atomic E-state index is 0.0915. The number of carbonyl (C=O) groups is 1. The van der Waals surface area contributed by atoms with E-state index in [1.807, 2.05) is 30.3 Å². The van der Waals surface area contributed by atoms with Gasteiger partial charge in [0.15, 0.2) is 0 Å². The second-order valence-corrected chi connectivity index (χ2v) is 6.85. The van der Waals surface area contributed by atoms with Crippen LogP contribution in [0.25, 0.3) is 11.1 Å². The highest BCUT2D eigenvalue weighted by Gasteiger charge is 2.07. The Morgan fingerprint density at radius 1 is 1.04 bits per heavy atom. The fourth-order valence-electron chi connectivity index (χ4n) is 2.35. The van der Waals surface area contributed by atoms with E-state index in [9.17, 15) is 4.79 Å². The maximum Gasteiger partial charge on any atom is 0.241 e. The minimum Gasteiger partial charge on any atom is -0.494 e. The standard InChI is InChI=1S/C19H18ClN3O2S/c20-13-17(24)21-19-23-22-18(26-19)7-4-12-25-16-10-8-15(9-11-16)14-5-2-1-3-6-14/h1-3,5-6,8-11H,4,7,12-13H2,(H,21,23,24). The Bertz CT molecular complexity index is 838. The van der Waals surface area contributed by atoms with Crippen LogP contribution < -0.4 is 10.1 Å². The lowest BCUT2D eigenvalue weighted by molar-refractivity contribution is -0.113. The maximum atomic E-state index is 11.2. The van der Waals surface area contributed by atoms with Gasteiger partial charge in [-0.25, -0.2) is 0 Å². The zero-order valence-electron chi connectivity index (χ0n) is 14.0. The molecule has 0 atom stereocenters. The van der Waals surface area contributed by atoms with Crippen molar-refractivity contribution in [3.63, 3.8) is 0 Å². The molecule has 3 aromatic rings. The number of rotatable bonds is 8. The number of aryl methyl sites for hydroxylation is 1. The van der Waals surface area contributed by atoms with Crippen LogP contribution in [-0.4, -0.2) is 28.6 Å². The van der Waals surface area contributed by atoms with Crippen LogP contribution in [0.4, 0.5) is 5.13 Å². The van der Waals surface area contributed by atoms with Gasteiger partial charge in [0.1, 0.15) is 16.6 Å². The lowest BCUT2D eigenvalue weighted by atomic mass is 10.1. The molecule has 134 valence electrons. The third-order valence-corrected chi connectivity index (χ3v) is 4.74. The zero-order valence-corrected chi connectivity index (χ0v) is 15.6. The zero-order chi connectivity index (χ0) is 18.2. The summed E-state index contributed by atoms with van der Waals surface area (Å²) in [6, 6.07) is 18.3. The molecule has 0 aliphatic carbocycles. The number of nitrogens with one attached hydrogen (secondary N) is 1. The van der Waals surface area contributed by atoms with Crippen molar-refractivity contribution in [3.8, 4) is 16.9 Å². The summed E-state index contributed by atoms with van der Waals surface area (Å²) in [5.41, 5.74) is 2.35. The molecule has 1 aromatic heterocycles. The van der Waals surface area contributed by atoms with E-state index in [0.717, 1.165) is 23.6 Å². The van der Waals surface area contributed by atoms with Gasteiger partial charge in [0.2, 0.25) is 11.0 Å². The van der Waals surface area contributed by atoms with Crippen LogP contribution in [0.2, 0.25) is 0 Å². The normalized spacial score (nSPS) is 10.5. The van der Waals surface area contributed by atoms with Crippen molar-refractivity contribution in [1.29, 1.82) is 0 Å². The van der Waals surface area contributed by atoms with Crippen LogP contribution in [0.3, 0.4) is 0 Å². The molecule has 0 radical (unpaired) electrons. The van der Waals surface area contributed by atoms with E-state index in [1.165, 1.54) is 22.5 Å². The van der Waals surface area contributed by atoms with Gasteiger partial charge < -0.3 is 4.74 Å². The number of anilines is 1. The monoisotopic (exact) mass is 387 g/mol. The third-order valence-electron chi connectivity index (χ3n) is 3.60. The molecule has 1 amide bonds. The number of hydrogen-bond donors (Lipinski definition) is 1. The molecule has 0 unspecified atom stereocenters. The van der Waals surface area contributed by atoms with Crippen LogP contribution in [0, 0.1) is 0 Å². The first-order valence-electron chi connectivity index (χ1n) is 8.21. The van der Waals surface area contributed by atoms with E-state index >= 15 is 0 Å². The summed E-state index contributed by atoms with van der Waals surface area (Å²) >= 11 is 6.80. The molecular weight excluding hydrogens is 370 g/mol. The fraction of sp³-hybridized carbons (Fsp3) is 0.211. The van der Waals surface area contributed by atoms with Crippen LogP contribution in [0.5, 0.6) is 5.75 Å². The highest BCUT2D eigenvalue weighted by Crippen LogP contribution is 2.22. The van der Waals surface area contributed by atoms with Gasteiger partial charge in [0.05, 0.1) is 6.61 Å². The molecule has 0 aliphatic heterocycles. The molecule has 1 N–H and O–H groups in total. The predicted octanol–water partition coefficient (Wildman–Crippen LogP) is 4.39. The smallest absolute Gasteiger partial charge is 0.241 e. The fourth-order valence-corrected chi connectivity index (χ4v) is 3.21. The Morgan fingerprint density at radius 2 is 1.77 bits per heavy atom. The van der Waals surface area contributed by atoms with Gasteiger partial charge in [0.25, 0.3) is 0 Å². The van der Waals surface area contributed by atoms with E-state index in [-0.39, 0.29) is 11.8 Å². The highest BCUT2D eigenvalue weighted by molar-refractivity contribution is 7.15. The van der Waals surface area contributed by atoms with Crippen molar-refractivity contribution in [1.82, 2.24) is 10.2 Å². The van der Waals surface area contributed by atoms with Crippen molar-refractivity contribution in [2.75, 3.05) is 17.8 Å². The molecule has 7 heteroatoms. The van der Waals surface area contributed by atoms with Gasteiger partial charge >= 0.3 is 0 Å². The molecule has 0 bridgehead atoms. The van der Waals surface area contributed by atoms with E-state index in [1.54, 1.807) is 0 Å². The van der Waals surface area contributed by atoms with E-state index in [0.29, 0.717) is 11.7 Å². The average Bonchev–Trinajstić information content (AvgIpc) is 3.13. The first-order valence-corrected chi connectivity index (χ1v) is 9.56. The van der Waals surface area contributed by atoms with E-state index < -0.39 is 0 Å². The van der Waals surface area contributed by atoms with Crippen LogP contribution >= 0.6 is 22.9 Å². The molecule has 26 heavy (non-hydrogen) atoms. The van der Waals surface area contributed by atoms with E-state index in [4.69, 9.17) is 16.3 Å². The Hall–Kier alpha value is -2.44. The molecule has 3 rings (SSSR count). The minimum atomic E-state index is -0.281.